The first kappa shape index (κ1) is 40.0. The zero-order chi connectivity index (χ0) is 32.5. The molecule has 0 bridgehead atoms. The van der Waals surface area contributed by atoms with Gasteiger partial charge in [-0.25, -0.2) is 0 Å². The standard InChI is InChI=1S/C32H53N3O7S2/c1-26(2)10-8-17-38-19-16-34-29(36)13-9-18-39-20-21-40-22-23-41-30(43-44-32(3,4)5)25-42-28-12-7-11-27(24-28)31(37)35-15-14-33-6/h7,11-12,24,26,30,33H,9,13-23,25H2,1-6H3,(H,34,36)(H,35,37)/t30-/m1/s1. The second-order valence-electron chi connectivity index (χ2n) is 11.0. The fourth-order valence-electron chi connectivity index (χ4n) is 3.21. The molecule has 0 aliphatic heterocycles. The lowest BCUT2D eigenvalue weighted by Gasteiger charge is -2.22. The van der Waals surface area contributed by atoms with E-state index in [1.807, 2.05) is 33.0 Å². The van der Waals surface area contributed by atoms with Gasteiger partial charge in [0, 0.05) is 48.9 Å². The summed E-state index contributed by atoms with van der Waals surface area (Å²) in [5.41, 5.74) is 0.333. The van der Waals surface area contributed by atoms with Crippen molar-refractivity contribution in [3.8, 4) is 17.6 Å². The summed E-state index contributed by atoms with van der Waals surface area (Å²) in [6, 6.07) is 7.15. The second-order valence-corrected chi connectivity index (χ2v) is 14.2. The van der Waals surface area contributed by atoms with E-state index in [1.54, 1.807) is 33.7 Å². The Hall–Kier alpha value is -1.98. The molecule has 10 nitrogen and oxygen atoms in total. The van der Waals surface area contributed by atoms with Gasteiger partial charge in [0.15, 0.2) is 0 Å². The molecule has 1 aromatic rings. The molecular weight excluding hydrogens is 603 g/mol. The third kappa shape index (κ3) is 23.4. The summed E-state index contributed by atoms with van der Waals surface area (Å²) < 4.78 is 28.7. The Morgan fingerprint density at radius 3 is 2.41 bits per heavy atom. The molecule has 0 fully saturated rings. The van der Waals surface area contributed by atoms with E-state index in [0.717, 1.165) is 0 Å². The number of rotatable bonds is 24. The van der Waals surface area contributed by atoms with Crippen LogP contribution in [0, 0.1) is 17.8 Å². The zero-order valence-corrected chi connectivity index (χ0v) is 29.0. The molecule has 12 heteroatoms. The van der Waals surface area contributed by atoms with E-state index in [1.165, 1.54) is 0 Å². The highest BCUT2D eigenvalue weighted by molar-refractivity contribution is 8.77. The number of carbonyl (C=O) groups excluding carboxylic acids is 2. The molecule has 2 amide bonds. The van der Waals surface area contributed by atoms with Crippen LogP contribution in [0.5, 0.6) is 5.75 Å². The number of likely N-dealkylation sites (N-methyl/N-ethyl adjacent to an activating group) is 1. The number of nitrogens with one attached hydrogen (secondary N) is 3. The molecule has 0 unspecified atom stereocenters. The summed E-state index contributed by atoms with van der Waals surface area (Å²) in [5, 5.41) is 8.71. The van der Waals surface area contributed by atoms with Crippen LogP contribution in [0.4, 0.5) is 0 Å². The topological polar surface area (TPSA) is 116 Å². The first-order valence-electron chi connectivity index (χ1n) is 15.2. The van der Waals surface area contributed by atoms with Crippen molar-refractivity contribution >= 4 is 33.4 Å². The Morgan fingerprint density at radius 2 is 1.68 bits per heavy atom. The summed E-state index contributed by atoms with van der Waals surface area (Å²) in [6.45, 7) is 15.6. The Bertz CT molecular complexity index is 981. The number of carbonyl (C=O) groups is 2. The zero-order valence-electron chi connectivity index (χ0n) is 27.3. The van der Waals surface area contributed by atoms with E-state index >= 15 is 0 Å². The maximum atomic E-state index is 12.4. The SMILES string of the molecule is CNCCNC(=O)c1cccc(OC[C@H](OCCOCCOCCCC(=O)NCCOCC#CC(C)C)SSC(C)(C)C)c1. The highest BCUT2D eigenvalue weighted by Gasteiger charge is 2.18. The van der Waals surface area contributed by atoms with Gasteiger partial charge in [0.05, 0.1) is 33.0 Å². The largest absolute Gasteiger partial charge is 0.490 e. The predicted molar refractivity (Wildman–Crippen MR) is 180 cm³/mol. The molecule has 3 N–H and O–H groups in total. The minimum absolute atomic E-state index is 0.0155. The summed E-state index contributed by atoms with van der Waals surface area (Å²) in [6.07, 6.45) is 1.05. The maximum absolute atomic E-state index is 12.4. The van der Waals surface area contributed by atoms with Gasteiger partial charge in [0.25, 0.3) is 5.91 Å². The number of hydrogen-bond acceptors (Lipinski definition) is 10. The minimum atomic E-state index is -0.219. The van der Waals surface area contributed by atoms with E-state index in [0.29, 0.717) is 103 Å². The van der Waals surface area contributed by atoms with Gasteiger partial charge in [-0.2, -0.15) is 0 Å². The van der Waals surface area contributed by atoms with E-state index in [-0.39, 0.29) is 22.0 Å². The quantitative estimate of drug-likeness (QED) is 0.0650. The highest BCUT2D eigenvalue weighted by Crippen LogP contribution is 2.38. The van der Waals surface area contributed by atoms with Crippen molar-refractivity contribution < 1.29 is 33.3 Å². The van der Waals surface area contributed by atoms with Gasteiger partial charge in [-0.15, -0.1) is 0 Å². The lowest BCUT2D eigenvalue weighted by molar-refractivity contribution is -0.121. The van der Waals surface area contributed by atoms with Crippen molar-refractivity contribution in [1.29, 1.82) is 0 Å². The maximum Gasteiger partial charge on any atom is 0.251 e. The number of hydrogen-bond donors (Lipinski definition) is 3. The minimum Gasteiger partial charge on any atom is -0.490 e. The van der Waals surface area contributed by atoms with Gasteiger partial charge in [-0.1, -0.05) is 74.1 Å². The lowest BCUT2D eigenvalue weighted by Crippen LogP contribution is -2.30. The second kappa shape index (κ2) is 25.2. The molecule has 0 heterocycles. The lowest BCUT2D eigenvalue weighted by atomic mass is 10.2. The van der Waals surface area contributed by atoms with Crippen LogP contribution in [0.15, 0.2) is 24.3 Å². The molecule has 0 aromatic heterocycles. The molecule has 0 spiro atoms. The first-order chi connectivity index (χ1) is 21.1. The monoisotopic (exact) mass is 655 g/mol. The molecule has 1 rings (SSSR count). The van der Waals surface area contributed by atoms with Crippen molar-refractivity contribution in [3.63, 3.8) is 0 Å². The summed E-state index contributed by atoms with van der Waals surface area (Å²) in [5.74, 6) is 6.76. The van der Waals surface area contributed by atoms with Gasteiger partial charge in [0.1, 0.15) is 24.4 Å². The fourth-order valence-corrected chi connectivity index (χ4v) is 5.40. The average Bonchev–Trinajstić information content (AvgIpc) is 2.98. The molecule has 1 atom stereocenters. The highest BCUT2D eigenvalue weighted by atomic mass is 33.1. The smallest absolute Gasteiger partial charge is 0.251 e. The molecule has 1 aromatic carbocycles. The molecular formula is C32H53N3O7S2. The molecule has 250 valence electrons. The first-order valence-corrected chi connectivity index (χ1v) is 17.4. The Labute approximate surface area is 272 Å². The normalized spacial score (nSPS) is 12.0. The molecule has 0 saturated heterocycles. The predicted octanol–water partition coefficient (Wildman–Crippen LogP) is 4.14. The van der Waals surface area contributed by atoms with Crippen LogP contribution >= 0.6 is 21.6 Å². The summed E-state index contributed by atoms with van der Waals surface area (Å²) in [4.78, 5) is 24.2. The van der Waals surface area contributed by atoms with Crippen LogP contribution in [0.3, 0.4) is 0 Å². The van der Waals surface area contributed by atoms with E-state index in [2.05, 4.69) is 48.6 Å². The Kier molecular flexibility index (Phi) is 23.0. The third-order valence-corrected chi connectivity index (χ3v) is 8.79. The van der Waals surface area contributed by atoms with Crippen molar-refractivity contribution in [2.45, 2.75) is 57.6 Å². The fraction of sp³-hybridized carbons (Fsp3) is 0.688. The number of ether oxygens (including phenoxy) is 5. The van der Waals surface area contributed by atoms with Crippen molar-refractivity contribution in [2.75, 3.05) is 79.5 Å². The van der Waals surface area contributed by atoms with Crippen molar-refractivity contribution in [3.05, 3.63) is 29.8 Å². The van der Waals surface area contributed by atoms with Gasteiger partial charge < -0.3 is 39.6 Å². The number of amides is 2. The van der Waals surface area contributed by atoms with Crippen LogP contribution < -0.4 is 20.7 Å². The van der Waals surface area contributed by atoms with Gasteiger partial charge in [-0.3, -0.25) is 9.59 Å². The van der Waals surface area contributed by atoms with Gasteiger partial charge in [0.2, 0.25) is 5.91 Å². The van der Waals surface area contributed by atoms with Crippen LogP contribution in [0.25, 0.3) is 0 Å². The third-order valence-electron chi connectivity index (χ3n) is 5.28. The van der Waals surface area contributed by atoms with Crippen LogP contribution in [0.2, 0.25) is 0 Å². The number of benzene rings is 1. The molecule has 0 aliphatic carbocycles. The summed E-state index contributed by atoms with van der Waals surface area (Å²) >= 11 is 0. The Balaban J connectivity index is 2.21. The van der Waals surface area contributed by atoms with Crippen molar-refractivity contribution in [2.24, 2.45) is 5.92 Å². The molecule has 0 saturated carbocycles. The van der Waals surface area contributed by atoms with Gasteiger partial charge >= 0.3 is 0 Å². The van der Waals surface area contributed by atoms with E-state index in [9.17, 15) is 9.59 Å². The molecule has 0 aliphatic rings. The van der Waals surface area contributed by atoms with Gasteiger partial charge in [-0.05, 0) is 31.7 Å². The summed E-state index contributed by atoms with van der Waals surface area (Å²) in [7, 11) is 5.19. The molecule has 44 heavy (non-hydrogen) atoms. The molecule has 0 radical (unpaired) electrons. The van der Waals surface area contributed by atoms with E-state index in [4.69, 9.17) is 23.7 Å². The Morgan fingerprint density at radius 1 is 0.932 bits per heavy atom. The van der Waals surface area contributed by atoms with Crippen LogP contribution in [-0.4, -0.2) is 102 Å². The van der Waals surface area contributed by atoms with E-state index < -0.39 is 0 Å². The van der Waals surface area contributed by atoms with Crippen molar-refractivity contribution in [1.82, 2.24) is 16.0 Å². The van der Waals surface area contributed by atoms with Crippen LogP contribution in [-0.2, 0) is 23.7 Å². The average molecular weight is 656 g/mol. The van der Waals surface area contributed by atoms with Crippen LogP contribution in [0.1, 0.15) is 57.8 Å².